The normalized spacial score (nSPS) is 14.2. The van der Waals surface area contributed by atoms with Crippen LogP contribution in [0.2, 0.25) is 5.02 Å². The molecule has 1 amide bonds. The lowest BCUT2D eigenvalue weighted by atomic mass is 9.99. The second-order valence-electron chi connectivity index (χ2n) is 7.37. The van der Waals surface area contributed by atoms with Crippen molar-refractivity contribution in [2.24, 2.45) is 0 Å². The molecular weight excluding hydrogens is 430 g/mol. The number of amides is 1. The number of benzene rings is 1. The highest BCUT2D eigenvalue weighted by Gasteiger charge is 2.50. The minimum absolute atomic E-state index is 0.142. The van der Waals surface area contributed by atoms with E-state index in [0.29, 0.717) is 28.6 Å². The van der Waals surface area contributed by atoms with Crippen molar-refractivity contribution in [3.05, 3.63) is 77.0 Å². The Kier molecular flexibility index (Phi) is 5.49. The van der Waals surface area contributed by atoms with Crippen molar-refractivity contribution >= 4 is 23.5 Å². The summed E-state index contributed by atoms with van der Waals surface area (Å²) >= 11 is 6.48. The number of rotatable bonds is 5. The molecule has 1 saturated carbocycles. The Bertz CT molecular complexity index is 1130. The highest BCUT2D eigenvalue weighted by molar-refractivity contribution is 6.31. The van der Waals surface area contributed by atoms with E-state index in [0.717, 1.165) is 36.2 Å². The van der Waals surface area contributed by atoms with Gasteiger partial charge in [0.15, 0.2) is 0 Å². The van der Waals surface area contributed by atoms with E-state index in [2.05, 4.69) is 4.98 Å². The van der Waals surface area contributed by atoms with Crippen LogP contribution in [-0.2, 0) is 15.0 Å². The van der Waals surface area contributed by atoms with E-state index in [1.165, 1.54) is 6.26 Å². The van der Waals surface area contributed by atoms with E-state index in [1.54, 1.807) is 24.6 Å². The average Bonchev–Trinajstić information content (AvgIpc) is 3.27. The number of pyridine rings is 1. The Morgan fingerprint density at radius 3 is 2.48 bits per heavy atom. The van der Waals surface area contributed by atoms with Gasteiger partial charge in [-0.1, -0.05) is 17.7 Å². The molecule has 1 fully saturated rings. The third-order valence-corrected chi connectivity index (χ3v) is 5.43. The lowest BCUT2D eigenvalue weighted by Gasteiger charge is -2.26. The van der Waals surface area contributed by atoms with E-state index in [-0.39, 0.29) is 6.54 Å². The molecule has 1 aromatic carbocycles. The summed E-state index contributed by atoms with van der Waals surface area (Å²) in [5.41, 5.74) is 0.574. The smallest absolute Gasteiger partial charge is 0.329 e. The van der Waals surface area contributed by atoms with Crippen molar-refractivity contribution in [2.45, 2.75) is 25.2 Å². The standard InChI is InChI=1S/C22H17ClF2N2O4/c1-13(28)31-27(21(29)19-17(24)3-2-4-18(19)25)12-22(6-7-22)20-16(23)9-15(10-26-20)14-5-8-30-11-14/h2-5,8-11H,6-7,12H2,1H3. The number of aromatic nitrogens is 1. The summed E-state index contributed by atoms with van der Waals surface area (Å²) in [4.78, 5) is 33.9. The zero-order chi connectivity index (χ0) is 22.2. The van der Waals surface area contributed by atoms with E-state index >= 15 is 0 Å². The molecule has 0 bridgehead atoms. The van der Waals surface area contributed by atoms with Crippen LogP contribution in [0.3, 0.4) is 0 Å². The predicted octanol–water partition coefficient (Wildman–Crippen LogP) is 4.93. The zero-order valence-corrected chi connectivity index (χ0v) is 17.2. The molecule has 1 aliphatic rings. The second-order valence-corrected chi connectivity index (χ2v) is 7.78. The van der Waals surface area contributed by atoms with Gasteiger partial charge < -0.3 is 9.25 Å². The number of furan rings is 1. The van der Waals surface area contributed by atoms with Crippen LogP contribution in [0.5, 0.6) is 0 Å². The fraction of sp³-hybridized carbons (Fsp3) is 0.227. The first kappa shape index (κ1) is 21.0. The van der Waals surface area contributed by atoms with Crippen LogP contribution < -0.4 is 0 Å². The second kappa shape index (κ2) is 8.11. The van der Waals surface area contributed by atoms with Gasteiger partial charge in [0.2, 0.25) is 0 Å². The molecule has 0 saturated heterocycles. The van der Waals surface area contributed by atoms with Crippen LogP contribution in [0, 0.1) is 11.6 Å². The first-order chi connectivity index (χ1) is 14.8. The van der Waals surface area contributed by atoms with Gasteiger partial charge in [0, 0.05) is 29.7 Å². The van der Waals surface area contributed by atoms with E-state index in [1.807, 2.05) is 0 Å². The molecule has 2 heterocycles. The fourth-order valence-corrected chi connectivity index (χ4v) is 3.80. The van der Waals surface area contributed by atoms with E-state index in [9.17, 15) is 18.4 Å². The summed E-state index contributed by atoms with van der Waals surface area (Å²) in [7, 11) is 0. The minimum atomic E-state index is -1.09. The van der Waals surface area contributed by atoms with Crippen molar-refractivity contribution in [2.75, 3.05) is 6.54 Å². The number of hydrogen-bond donors (Lipinski definition) is 0. The molecule has 6 nitrogen and oxygen atoms in total. The molecule has 160 valence electrons. The Balaban J connectivity index is 1.64. The lowest BCUT2D eigenvalue weighted by Crippen LogP contribution is -2.40. The van der Waals surface area contributed by atoms with Crippen molar-refractivity contribution in [1.29, 1.82) is 0 Å². The third kappa shape index (κ3) is 4.16. The van der Waals surface area contributed by atoms with Gasteiger partial charge in [-0.15, -0.1) is 0 Å². The van der Waals surface area contributed by atoms with Crippen LogP contribution in [-0.4, -0.2) is 28.5 Å². The van der Waals surface area contributed by atoms with Crippen molar-refractivity contribution in [1.82, 2.24) is 10.0 Å². The van der Waals surface area contributed by atoms with Gasteiger partial charge in [0.1, 0.15) is 17.2 Å². The third-order valence-electron chi connectivity index (χ3n) is 5.14. The van der Waals surface area contributed by atoms with E-state index < -0.39 is 34.5 Å². The number of hydroxylamine groups is 2. The van der Waals surface area contributed by atoms with Crippen LogP contribution in [0.1, 0.15) is 35.8 Å². The SMILES string of the molecule is CC(=O)ON(CC1(c2ncc(-c3ccoc3)cc2Cl)CC1)C(=O)c1c(F)cccc1F. The first-order valence-corrected chi connectivity index (χ1v) is 9.81. The highest BCUT2D eigenvalue weighted by Crippen LogP contribution is 2.50. The Labute approximate surface area is 181 Å². The molecule has 2 aromatic heterocycles. The summed E-state index contributed by atoms with van der Waals surface area (Å²) in [5, 5.41) is 1.04. The van der Waals surface area contributed by atoms with Crippen molar-refractivity contribution in [3.8, 4) is 11.1 Å². The molecular formula is C22H17ClF2N2O4. The monoisotopic (exact) mass is 446 g/mol. The van der Waals surface area contributed by atoms with Gasteiger partial charge in [0.05, 0.1) is 29.8 Å². The fourth-order valence-electron chi connectivity index (χ4n) is 3.44. The van der Waals surface area contributed by atoms with Gasteiger partial charge in [0.25, 0.3) is 5.91 Å². The van der Waals surface area contributed by atoms with Gasteiger partial charge >= 0.3 is 5.97 Å². The summed E-state index contributed by atoms with van der Waals surface area (Å²) in [6.45, 7) is 0.958. The lowest BCUT2D eigenvalue weighted by molar-refractivity contribution is -0.176. The molecule has 31 heavy (non-hydrogen) atoms. The summed E-state index contributed by atoms with van der Waals surface area (Å²) in [5.74, 6) is -3.99. The number of carbonyl (C=O) groups excluding carboxylic acids is 2. The Morgan fingerprint density at radius 1 is 1.23 bits per heavy atom. The van der Waals surface area contributed by atoms with Crippen molar-refractivity contribution < 1.29 is 27.6 Å². The molecule has 0 unspecified atom stereocenters. The summed E-state index contributed by atoms with van der Waals surface area (Å²) in [6.07, 6.45) is 5.93. The maximum atomic E-state index is 14.1. The quantitative estimate of drug-likeness (QED) is 0.520. The summed E-state index contributed by atoms with van der Waals surface area (Å²) < 4.78 is 33.4. The molecule has 1 aliphatic carbocycles. The maximum absolute atomic E-state index is 14.1. The number of carbonyl (C=O) groups is 2. The molecule has 9 heteroatoms. The molecule has 0 atom stereocenters. The van der Waals surface area contributed by atoms with Crippen molar-refractivity contribution in [3.63, 3.8) is 0 Å². The Morgan fingerprint density at radius 2 is 1.94 bits per heavy atom. The number of hydrogen-bond acceptors (Lipinski definition) is 5. The predicted molar refractivity (Wildman–Crippen MR) is 107 cm³/mol. The zero-order valence-electron chi connectivity index (χ0n) is 16.4. The Hall–Kier alpha value is -3.26. The van der Waals surface area contributed by atoms with Crippen LogP contribution in [0.15, 0.2) is 53.5 Å². The van der Waals surface area contributed by atoms with Crippen LogP contribution >= 0.6 is 11.6 Å². The molecule has 0 aliphatic heterocycles. The van der Waals surface area contributed by atoms with Gasteiger partial charge in [-0.3, -0.25) is 14.6 Å². The number of halogens is 3. The van der Waals surface area contributed by atoms with Gasteiger partial charge in [-0.2, -0.15) is 5.06 Å². The molecule has 4 rings (SSSR count). The molecule has 0 N–H and O–H groups in total. The summed E-state index contributed by atoms with van der Waals surface area (Å²) in [6, 6.07) is 6.56. The van der Waals surface area contributed by atoms with E-state index in [4.69, 9.17) is 20.9 Å². The number of nitrogens with zero attached hydrogens (tertiary/aromatic N) is 2. The highest BCUT2D eigenvalue weighted by atomic mass is 35.5. The minimum Gasteiger partial charge on any atom is -0.472 e. The van der Waals surface area contributed by atoms with Crippen LogP contribution in [0.4, 0.5) is 8.78 Å². The molecule has 3 aromatic rings. The van der Waals surface area contributed by atoms with Gasteiger partial charge in [-0.05, 0) is 37.1 Å². The molecule has 0 spiro atoms. The largest absolute Gasteiger partial charge is 0.472 e. The first-order valence-electron chi connectivity index (χ1n) is 9.44. The maximum Gasteiger partial charge on any atom is 0.329 e. The molecule has 0 radical (unpaired) electrons. The van der Waals surface area contributed by atoms with Crippen LogP contribution in [0.25, 0.3) is 11.1 Å². The average molecular weight is 447 g/mol. The van der Waals surface area contributed by atoms with Gasteiger partial charge in [-0.25, -0.2) is 8.78 Å². The topological polar surface area (TPSA) is 72.6 Å².